The van der Waals surface area contributed by atoms with Crippen LogP contribution in [0.25, 0.3) is 0 Å². The average Bonchev–Trinajstić information content (AvgIpc) is 2.23. The third-order valence-electron chi connectivity index (χ3n) is 3.25. The van der Waals surface area contributed by atoms with E-state index in [2.05, 4.69) is 52.4 Å². The fourth-order valence-electron chi connectivity index (χ4n) is 2.12. The molecule has 0 bridgehead atoms. The van der Waals surface area contributed by atoms with Crippen LogP contribution in [-0.2, 0) is 0 Å². The van der Waals surface area contributed by atoms with E-state index >= 15 is 0 Å². The van der Waals surface area contributed by atoms with Crippen molar-refractivity contribution in [2.45, 2.75) is 26.4 Å². The van der Waals surface area contributed by atoms with Gasteiger partial charge in [-0.2, -0.15) is 0 Å². The van der Waals surface area contributed by atoms with Gasteiger partial charge in [0.05, 0.1) is 18.0 Å². The summed E-state index contributed by atoms with van der Waals surface area (Å²) in [6.07, 6.45) is 2.55. The van der Waals surface area contributed by atoms with E-state index in [1.165, 1.54) is 0 Å². The molecule has 0 amide bonds. The molecule has 0 aromatic carbocycles. The van der Waals surface area contributed by atoms with E-state index < -0.39 is 0 Å². The number of hydrogen-bond acceptors (Lipinski definition) is 3. The Bertz CT molecular complexity index is 364. The Morgan fingerprint density at radius 1 is 1.50 bits per heavy atom. The average molecular weight is 332 g/mol. The molecule has 88 valence electrons. The van der Waals surface area contributed by atoms with Crippen LogP contribution in [0.3, 0.4) is 0 Å². The Morgan fingerprint density at radius 2 is 2.25 bits per heavy atom. The van der Waals surface area contributed by atoms with Gasteiger partial charge in [0, 0.05) is 18.5 Å². The molecular formula is C12H17IN2O. The summed E-state index contributed by atoms with van der Waals surface area (Å²) >= 11 is 2.21. The Hall–Kier alpha value is -0.360. The lowest BCUT2D eigenvalue weighted by molar-refractivity contribution is 0.0336. The number of aliphatic hydroxyl groups excluding tert-OH is 1. The molecule has 16 heavy (non-hydrogen) atoms. The van der Waals surface area contributed by atoms with Crippen molar-refractivity contribution in [2.24, 2.45) is 5.41 Å². The van der Waals surface area contributed by atoms with Crippen molar-refractivity contribution in [3.63, 3.8) is 0 Å². The molecule has 3 nitrogen and oxygen atoms in total. The van der Waals surface area contributed by atoms with E-state index in [9.17, 15) is 5.11 Å². The van der Waals surface area contributed by atoms with Gasteiger partial charge in [0.2, 0.25) is 0 Å². The van der Waals surface area contributed by atoms with Crippen molar-refractivity contribution < 1.29 is 5.11 Å². The van der Waals surface area contributed by atoms with Gasteiger partial charge in [-0.05, 0) is 41.1 Å². The highest BCUT2D eigenvalue weighted by Crippen LogP contribution is 2.31. The van der Waals surface area contributed by atoms with E-state index in [4.69, 9.17) is 0 Å². The number of halogens is 1. The largest absolute Gasteiger partial charge is 0.392 e. The van der Waals surface area contributed by atoms with Gasteiger partial charge >= 0.3 is 0 Å². The summed E-state index contributed by atoms with van der Waals surface area (Å²) in [6, 6.07) is 4.12. The topological polar surface area (TPSA) is 36.4 Å². The number of anilines is 1. The van der Waals surface area contributed by atoms with E-state index in [0.717, 1.165) is 28.9 Å². The first-order chi connectivity index (χ1) is 7.49. The SMILES string of the molecule is CC1(C)CN(c2ccc(I)nc2)CCC1O. The third-order valence-corrected chi connectivity index (χ3v) is 3.89. The standard InChI is InChI=1S/C12H17IN2O/c1-12(2)8-15(6-5-10(12)16)9-3-4-11(13)14-7-9/h3-4,7,10,16H,5-6,8H2,1-2H3. The van der Waals surface area contributed by atoms with E-state index in [1.54, 1.807) is 0 Å². The first kappa shape index (κ1) is 12.1. The van der Waals surface area contributed by atoms with Crippen molar-refractivity contribution in [3.05, 3.63) is 22.0 Å². The zero-order valence-corrected chi connectivity index (χ0v) is 11.8. The van der Waals surface area contributed by atoms with Crippen LogP contribution in [0.2, 0.25) is 0 Å². The van der Waals surface area contributed by atoms with Crippen LogP contribution in [-0.4, -0.2) is 29.3 Å². The second-order valence-electron chi connectivity index (χ2n) is 5.05. The summed E-state index contributed by atoms with van der Waals surface area (Å²) in [4.78, 5) is 6.60. The molecule has 1 aliphatic rings. The predicted octanol–water partition coefficient (Wildman–Crippen LogP) is 2.28. The zero-order valence-electron chi connectivity index (χ0n) is 9.65. The van der Waals surface area contributed by atoms with Gasteiger partial charge in [0.15, 0.2) is 0 Å². The van der Waals surface area contributed by atoms with Gasteiger partial charge in [0.25, 0.3) is 0 Å². The van der Waals surface area contributed by atoms with E-state index in [-0.39, 0.29) is 11.5 Å². The Balaban J connectivity index is 2.14. The molecule has 1 saturated heterocycles. The van der Waals surface area contributed by atoms with Crippen LogP contribution in [0.4, 0.5) is 5.69 Å². The second kappa shape index (κ2) is 4.49. The number of hydrogen-bond donors (Lipinski definition) is 1. The van der Waals surface area contributed by atoms with Gasteiger partial charge in [-0.15, -0.1) is 0 Å². The number of piperidine rings is 1. The van der Waals surface area contributed by atoms with Crippen molar-refractivity contribution in [1.82, 2.24) is 4.98 Å². The van der Waals surface area contributed by atoms with Crippen molar-refractivity contribution in [1.29, 1.82) is 0 Å². The Morgan fingerprint density at radius 3 is 2.81 bits per heavy atom. The molecule has 0 spiro atoms. The lowest BCUT2D eigenvalue weighted by Crippen LogP contribution is -2.48. The summed E-state index contributed by atoms with van der Waals surface area (Å²) in [7, 11) is 0. The number of aromatic nitrogens is 1. The Kier molecular flexibility index (Phi) is 3.39. The lowest BCUT2D eigenvalue weighted by atomic mass is 9.81. The van der Waals surface area contributed by atoms with Crippen LogP contribution in [0.1, 0.15) is 20.3 Å². The molecule has 1 atom stereocenters. The molecule has 1 aromatic rings. The minimum atomic E-state index is -0.194. The fourth-order valence-corrected chi connectivity index (χ4v) is 2.44. The highest BCUT2D eigenvalue weighted by Gasteiger charge is 2.34. The molecule has 1 unspecified atom stereocenters. The van der Waals surface area contributed by atoms with Gasteiger partial charge < -0.3 is 10.0 Å². The van der Waals surface area contributed by atoms with Gasteiger partial charge in [-0.3, -0.25) is 0 Å². The first-order valence-corrected chi connectivity index (χ1v) is 6.61. The molecule has 1 aliphatic heterocycles. The summed E-state index contributed by atoms with van der Waals surface area (Å²) < 4.78 is 1.01. The van der Waals surface area contributed by atoms with E-state index in [0.29, 0.717) is 0 Å². The summed E-state index contributed by atoms with van der Waals surface area (Å²) in [6.45, 7) is 6.03. The minimum Gasteiger partial charge on any atom is -0.392 e. The van der Waals surface area contributed by atoms with Gasteiger partial charge in [-0.1, -0.05) is 13.8 Å². The summed E-state index contributed by atoms with van der Waals surface area (Å²) in [5.41, 5.74) is 1.11. The first-order valence-electron chi connectivity index (χ1n) is 5.53. The molecule has 1 N–H and O–H groups in total. The number of nitrogens with zero attached hydrogens (tertiary/aromatic N) is 2. The Labute approximate surface area is 110 Å². The van der Waals surface area contributed by atoms with Crippen molar-refractivity contribution >= 4 is 28.3 Å². The minimum absolute atomic E-state index is 0.0404. The fraction of sp³-hybridized carbons (Fsp3) is 0.583. The molecule has 0 aliphatic carbocycles. The van der Waals surface area contributed by atoms with E-state index in [1.807, 2.05) is 12.3 Å². The quantitative estimate of drug-likeness (QED) is 0.633. The number of rotatable bonds is 1. The summed E-state index contributed by atoms with van der Waals surface area (Å²) in [5, 5.41) is 9.90. The molecule has 2 rings (SSSR count). The van der Waals surface area contributed by atoms with Crippen LogP contribution >= 0.6 is 22.6 Å². The highest BCUT2D eigenvalue weighted by molar-refractivity contribution is 14.1. The van der Waals surface area contributed by atoms with Gasteiger partial charge in [0.1, 0.15) is 3.70 Å². The van der Waals surface area contributed by atoms with Crippen LogP contribution < -0.4 is 4.90 Å². The van der Waals surface area contributed by atoms with Crippen molar-refractivity contribution in [3.8, 4) is 0 Å². The van der Waals surface area contributed by atoms with Crippen LogP contribution in [0.15, 0.2) is 18.3 Å². The van der Waals surface area contributed by atoms with Gasteiger partial charge in [-0.25, -0.2) is 4.98 Å². The maximum absolute atomic E-state index is 9.90. The number of pyridine rings is 1. The molecule has 4 heteroatoms. The third kappa shape index (κ3) is 2.48. The maximum Gasteiger partial charge on any atom is 0.101 e. The summed E-state index contributed by atoms with van der Waals surface area (Å²) in [5.74, 6) is 0. The normalized spacial score (nSPS) is 24.5. The zero-order chi connectivity index (χ0) is 11.8. The smallest absolute Gasteiger partial charge is 0.101 e. The molecule has 0 radical (unpaired) electrons. The molecule has 0 saturated carbocycles. The highest BCUT2D eigenvalue weighted by atomic mass is 127. The molecule has 2 heterocycles. The molecule has 1 fully saturated rings. The number of aliphatic hydroxyl groups is 1. The van der Waals surface area contributed by atoms with Crippen molar-refractivity contribution in [2.75, 3.05) is 18.0 Å². The lowest BCUT2D eigenvalue weighted by Gasteiger charge is -2.42. The molecule has 1 aromatic heterocycles. The van der Waals surface area contributed by atoms with Crippen LogP contribution in [0, 0.1) is 9.12 Å². The monoisotopic (exact) mass is 332 g/mol. The molecular weight excluding hydrogens is 315 g/mol. The predicted molar refractivity (Wildman–Crippen MR) is 73.6 cm³/mol. The second-order valence-corrected chi connectivity index (χ2v) is 6.16. The van der Waals surface area contributed by atoms with Crippen LogP contribution in [0.5, 0.6) is 0 Å². The maximum atomic E-state index is 9.90.